The van der Waals surface area contributed by atoms with Gasteiger partial charge in [0, 0.05) is 44.5 Å². The van der Waals surface area contributed by atoms with E-state index in [9.17, 15) is 27.9 Å². The Hall–Kier alpha value is -4.24. The predicted octanol–water partition coefficient (Wildman–Crippen LogP) is 3.43. The fourth-order valence-corrected chi connectivity index (χ4v) is 6.35. The largest absolute Gasteiger partial charge is 0.497 e. The summed E-state index contributed by atoms with van der Waals surface area (Å²) in [4.78, 5) is 38.9. The lowest BCUT2D eigenvalue weighted by molar-refractivity contribution is -0.141. The number of carbonyl (C=O) groups is 1. The van der Waals surface area contributed by atoms with Crippen molar-refractivity contribution in [2.45, 2.75) is 82.0 Å². The number of aliphatic hydroxyl groups excluding tert-OH is 1. The van der Waals surface area contributed by atoms with E-state index in [0.29, 0.717) is 62.1 Å². The van der Waals surface area contributed by atoms with Crippen molar-refractivity contribution in [2.75, 3.05) is 43.6 Å². The Labute approximate surface area is 275 Å². The highest BCUT2D eigenvalue weighted by Crippen LogP contribution is 2.39. The number of aromatic nitrogens is 4. The first kappa shape index (κ1) is 33.7. The SMILES string of the molecule is CC[C@@H](CO[C@@H]1CCN([C@@H]2CCN(c3ncc(C4CC4)cn3)C[C@H]2O)C1=O)Nc1cnn(Cc2ccc(OC)cc2)c(=O)c1C(F)(F)F. The van der Waals surface area contributed by atoms with Crippen LogP contribution in [0.2, 0.25) is 0 Å². The molecule has 0 radical (unpaired) electrons. The average molecular weight is 672 g/mol. The van der Waals surface area contributed by atoms with Crippen molar-refractivity contribution in [3.63, 3.8) is 0 Å². The zero-order valence-electron chi connectivity index (χ0n) is 26.9. The summed E-state index contributed by atoms with van der Waals surface area (Å²) >= 11 is 0. The van der Waals surface area contributed by atoms with E-state index in [2.05, 4.69) is 20.4 Å². The van der Waals surface area contributed by atoms with Gasteiger partial charge in [0.25, 0.3) is 11.5 Å². The lowest BCUT2D eigenvalue weighted by Gasteiger charge is -2.40. The van der Waals surface area contributed by atoms with Crippen LogP contribution in [0.1, 0.15) is 61.6 Å². The van der Waals surface area contributed by atoms with E-state index in [-0.39, 0.29) is 19.1 Å². The minimum atomic E-state index is -4.94. The Morgan fingerprint density at radius 1 is 1.04 bits per heavy atom. The van der Waals surface area contributed by atoms with E-state index in [1.54, 1.807) is 36.1 Å². The molecule has 0 unspecified atom stereocenters. The van der Waals surface area contributed by atoms with E-state index in [0.717, 1.165) is 29.3 Å². The number of carbonyl (C=O) groups excluding carboxylic acids is 1. The number of halogens is 3. The van der Waals surface area contributed by atoms with E-state index in [1.807, 2.05) is 17.3 Å². The first-order chi connectivity index (χ1) is 23.0. The first-order valence-corrected chi connectivity index (χ1v) is 16.3. The molecule has 2 aliphatic heterocycles. The summed E-state index contributed by atoms with van der Waals surface area (Å²) in [6, 6.07) is 5.57. The average Bonchev–Trinajstić information content (AvgIpc) is 3.87. The second-order valence-electron chi connectivity index (χ2n) is 12.6. The highest BCUT2D eigenvalue weighted by molar-refractivity contribution is 5.83. The van der Waals surface area contributed by atoms with Crippen molar-refractivity contribution >= 4 is 17.5 Å². The molecule has 1 aromatic carbocycles. The van der Waals surface area contributed by atoms with Crippen LogP contribution in [0.3, 0.4) is 0 Å². The molecule has 3 aromatic rings. The molecule has 0 spiro atoms. The number of anilines is 2. The number of ether oxygens (including phenoxy) is 2. The summed E-state index contributed by atoms with van der Waals surface area (Å²) in [6.45, 7) is 2.82. The van der Waals surface area contributed by atoms with Gasteiger partial charge in [-0.15, -0.1) is 0 Å². The number of hydrogen-bond donors (Lipinski definition) is 2. The molecule has 6 rings (SSSR count). The molecule has 2 aromatic heterocycles. The van der Waals surface area contributed by atoms with Gasteiger partial charge in [-0.3, -0.25) is 9.59 Å². The third kappa shape index (κ3) is 7.41. The van der Waals surface area contributed by atoms with Gasteiger partial charge in [-0.05, 0) is 54.9 Å². The van der Waals surface area contributed by atoms with Gasteiger partial charge in [-0.2, -0.15) is 18.3 Å². The molecule has 12 nitrogen and oxygen atoms in total. The van der Waals surface area contributed by atoms with Gasteiger partial charge >= 0.3 is 6.18 Å². The highest BCUT2D eigenvalue weighted by Gasteiger charge is 2.42. The number of nitrogens with one attached hydrogen (secondary N) is 1. The molecular weight excluding hydrogens is 631 g/mol. The number of hydrogen-bond acceptors (Lipinski definition) is 10. The highest BCUT2D eigenvalue weighted by atomic mass is 19.4. The summed E-state index contributed by atoms with van der Waals surface area (Å²) in [7, 11) is 1.50. The van der Waals surface area contributed by atoms with E-state index in [4.69, 9.17) is 9.47 Å². The number of alkyl halides is 3. The molecule has 1 aliphatic carbocycles. The zero-order chi connectivity index (χ0) is 34.0. The minimum absolute atomic E-state index is 0.0673. The molecule has 3 aliphatic rings. The second-order valence-corrected chi connectivity index (χ2v) is 12.6. The molecular formula is C33H40F3N7O5. The Bertz CT molecular complexity index is 1630. The zero-order valence-corrected chi connectivity index (χ0v) is 26.9. The van der Waals surface area contributed by atoms with Gasteiger partial charge in [-0.1, -0.05) is 19.1 Å². The number of aliphatic hydroxyl groups is 1. The van der Waals surface area contributed by atoms with E-state index < -0.39 is 47.3 Å². The van der Waals surface area contributed by atoms with Crippen LogP contribution in [0.5, 0.6) is 5.75 Å². The van der Waals surface area contributed by atoms with Crippen LogP contribution in [0.15, 0.2) is 47.7 Å². The molecule has 48 heavy (non-hydrogen) atoms. The van der Waals surface area contributed by atoms with Crippen molar-refractivity contribution in [1.29, 1.82) is 0 Å². The fourth-order valence-electron chi connectivity index (χ4n) is 6.35. The molecule has 2 saturated heterocycles. The second kappa shape index (κ2) is 14.1. The van der Waals surface area contributed by atoms with E-state index >= 15 is 0 Å². The van der Waals surface area contributed by atoms with Crippen LogP contribution < -0.4 is 20.5 Å². The molecule has 4 atom stereocenters. The third-order valence-corrected chi connectivity index (χ3v) is 9.30. The van der Waals surface area contributed by atoms with Gasteiger partial charge in [-0.25, -0.2) is 14.6 Å². The Morgan fingerprint density at radius 3 is 2.40 bits per heavy atom. The van der Waals surface area contributed by atoms with E-state index in [1.165, 1.54) is 7.11 Å². The Balaban J connectivity index is 1.05. The maximum Gasteiger partial charge on any atom is 0.423 e. The number of amides is 1. The van der Waals surface area contributed by atoms with Gasteiger partial charge in [0.1, 0.15) is 17.4 Å². The Kier molecular flexibility index (Phi) is 9.88. The molecule has 1 amide bonds. The molecule has 258 valence electrons. The number of rotatable bonds is 12. The quantitative estimate of drug-likeness (QED) is 0.295. The van der Waals surface area contributed by atoms with Crippen LogP contribution >= 0.6 is 0 Å². The number of piperidine rings is 1. The summed E-state index contributed by atoms with van der Waals surface area (Å²) in [6.07, 6.45) is 1.77. The third-order valence-electron chi connectivity index (χ3n) is 9.30. The van der Waals surface area contributed by atoms with Crippen molar-refractivity contribution < 1.29 is 32.5 Å². The molecule has 2 N–H and O–H groups in total. The van der Waals surface area contributed by atoms with Gasteiger partial charge in [0.05, 0.1) is 44.3 Å². The fraction of sp³-hybridized carbons (Fsp3) is 0.545. The topological polar surface area (TPSA) is 135 Å². The summed E-state index contributed by atoms with van der Waals surface area (Å²) in [5.74, 6) is 1.43. The van der Waals surface area contributed by atoms with Crippen molar-refractivity contribution in [2.24, 2.45) is 0 Å². The van der Waals surface area contributed by atoms with Crippen LogP contribution in [-0.2, 0) is 22.3 Å². The van der Waals surface area contributed by atoms with Crippen molar-refractivity contribution in [3.05, 3.63) is 69.9 Å². The molecule has 15 heteroatoms. The van der Waals surface area contributed by atoms with Crippen LogP contribution in [0.25, 0.3) is 0 Å². The lowest BCUT2D eigenvalue weighted by Crippen LogP contribution is -2.55. The van der Waals surface area contributed by atoms with Crippen LogP contribution in [-0.4, -0.2) is 93.3 Å². The summed E-state index contributed by atoms with van der Waals surface area (Å²) in [5.41, 5.74) is -1.35. The maximum absolute atomic E-state index is 14.2. The number of nitrogens with zero attached hydrogens (tertiary/aromatic N) is 6. The van der Waals surface area contributed by atoms with Gasteiger partial charge in [0.15, 0.2) is 0 Å². The van der Waals surface area contributed by atoms with Gasteiger partial charge in [0.2, 0.25) is 5.95 Å². The number of likely N-dealkylation sites (tertiary alicyclic amines) is 1. The van der Waals surface area contributed by atoms with Gasteiger partial charge < -0.3 is 29.7 Å². The Morgan fingerprint density at radius 2 is 1.77 bits per heavy atom. The van der Waals surface area contributed by atoms with Crippen LogP contribution in [0.4, 0.5) is 24.8 Å². The van der Waals surface area contributed by atoms with Crippen LogP contribution in [0, 0.1) is 0 Å². The molecule has 4 heterocycles. The number of benzene rings is 1. The lowest BCUT2D eigenvalue weighted by atomic mass is 10.0. The standard InChI is InChI=1S/C33H40F3N7O5/c1-3-23(40-25-16-39-43(31(46)29(25)33(34,35)36)17-20-4-8-24(47-2)9-5-20)19-48-28-11-13-42(30(28)45)26-10-12-41(18-27(26)44)32-37-14-22(15-38-32)21-6-7-21/h4-5,8-9,14-16,21,23,26-28,40,44H,3,6-7,10-13,17-19H2,1-2H3/t23-,26+,27+,28+/m0/s1. The normalized spacial score (nSPS) is 22.2. The molecule has 0 bridgehead atoms. The number of methoxy groups -OCH3 is 1. The molecule has 3 fully saturated rings. The summed E-state index contributed by atoms with van der Waals surface area (Å²) < 4.78 is 54.3. The minimum Gasteiger partial charge on any atom is -0.497 e. The first-order valence-electron chi connectivity index (χ1n) is 16.3. The maximum atomic E-state index is 14.2. The van der Waals surface area contributed by atoms with Crippen molar-refractivity contribution in [3.8, 4) is 5.75 Å². The smallest absolute Gasteiger partial charge is 0.423 e. The predicted molar refractivity (Wildman–Crippen MR) is 170 cm³/mol. The monoisotopic (exact) mass is 671 g/mol. The summed E-state index contributed by atoms with van der Waals surface area (Å²) in [5, 5.41) is 17.8. The number of β-amino-alcohol motifs (C(OH)–C–C–N with tert-alkyl or cyclic N) is 1. The van der Waals surface area contributed by atoms with Crippen molar-refractivity contribution in [1.82, 2.24) is 24.6 Å². The molecule has 1 saturated carbocycles.